The monoisotopic (exact) mass is 323 g/mol. The quantitative estimate of drug-likeness (QED) is 0.868. The van der Waals surface area contributed by atoms with Gasteiger partial charge in [0, 0.05) is 32.4 Å². The van der Waals surface area contributed by atoms with Crippen LogP contribution in [0.5, 0.6) is 0 Å². The Hall–Kier alpha value is -2.09. The third kappa shape index (κ3) is 5.55. The van der Waals surface area contributed by atoms with Crippen LogP contribution in [0.2, 0.25) is 0 Å². The van der Waals surface area contributed by atoms with Crippen molar-refractivity contribution in [2.24, 2.45) is 7.05 Å². The smallest absolute Gasteiger partial charge is 0.407 e. The zero-order valence-corrected chi connectivity index (χ0v) is 14.1. The number of nitrogens with zero attached hydrogens (tertiary/aromatic N) is 3. The fourth-order valence-electron chi connectivity index (χ4n) is 2.42. The van der Waals surface area contributed by atoms with E-state index in [9.17, 15) is 9.59 Å². The molecule has 1 unspecified atom stereocenters. The average molecular weight is 323 g/mol. The first kappa shape index (κ1) is 17.3. The van der Waals surface area contributed by atoms with Crippen molar-refractivity contribution in [2.75, 3.05) is 13.1 Å². The van der Waals surface area contributed by atoms with Gasteiger partial charge in [-0.3, -0.25) is 14.9 Å². The van der Waals surface area contributed by atoms with Gasteiger partial charge < -0.3 is 10.1 Å². The molecule has 8 nitrogen and oxygen atoms in total. The van der Waals surface area contributed by atoms with Crippen LogP contribution in [0.25, 0.3) is 0 Å². The molecule has 0 bridgehead atoms. The number of rotatable bonds is 3. The minimum absolute atomic E-state index is 0.0483. The van der Waals surface area contributed by atoms with Crippen LogP contribution in [-0.4, -0.2) is 51.5 Å². The van der Waals surface area contributed by atoms with Crippen LogP contribution < -0.4 is 10.7 Å². The van der Waals surface area contributed by atoms with Gasteiger partial charge in [-0.1, -0.05) is 0 Å². The van der Waals surface area contributed by atoms with E-state index in [1.165, 1.54) is 6.20 Å². The summed E-state index contributed by atoms with van der Waals surface area (Å²) in [5.41, 5.74) is 2.84. The highest BCUT2D eigenvalue weighted by atomic mass is 16.6. The Bertz CT molecular complexity index is 564. The van der Waals surface area contributed by atoms with E-state index in [0.717, 1.165) is 19.4 Å². The summed E-state index contributed by atoms with van der Waals surface area (Å²) >= 11 is 0. The molecule has 1 aliphatic rings. The van der Waals surface area contributed by atoms with E-state index in [0.29, 0.717) is 12.1 Å². The van der Waals surface area contributed by atoms with E-state index in [4.69, 9.17) is 4.74 Å². The van der Waals surface area contributed by atoms with Crippen molar-refractivity contribution in [3.8, 4) is 0 Å². The molecule has 2 N–H and O–H groups in total. The van der Waals surface area contributed by atoms with Gasteiger partial charge in [0.15, 0.2) is 0 Å². The first-order chi connectivity index (χ1) is 10.7. The van der Waals surface area contributed by atoms with Crippen molar-refractivity contribution in [3.05, 3.63) is 18.0 Å². The van der Waals surface area contributed by atoms with Gasteiger partial charge >= 0.3 is 6.09 Å². The zero-order chi connectivity index (χ0) is 17.0. The number of alkyl carbamates (subject to hydrolysis) is 1. The number of nitrogens with one attached hydrogen (secondary N) is 2. The topological polar surface area (TPSA) is 88.5 Å². The Morgan fingerprint density at radius 1 is 1.39 bits per heavy atom. The van der Waals surface area contributed by atoms with Crippen molar-refractivity contribution in [3.63, 3.8) is 0 Å². The van der Waals surface area contributed by atoms with Crippen LogP contribution in [0.1, 0.15) is 44.0 Å². The lowest BCUT2D eigenvalue weighted by atomic mass is 10.1. The molecule has 128 valence electrons. The molecule has 1 atom stereocenters. The number of aromatic nitrogens is 2. The molecule has 23 heavy (non-hydrogen) atoms. The van der Waals surface area contributed by atoms with E-state index in [2.05, 4.69) is 15.8 Å². The minimum atomic E-state index is -0.521. The van der Waals surface area contributed by atoms with Crippen molar-refractivity contribution in [1.29, 1.82) is 0 Å². The number of carbonyl (C=O) groups is 2. The third-order valence-electron chi connectivity index (χ3n) is 3.37. The minimum Gasteiger partial charge on any atom is -0.444 e. The third-order valence-corrected chi connectivity index (χ3v) is 3.37. The number of carbonyl (C=O) groups excluding carboxylic acids is 2. The number of amides is 2. The van der Waals surface area contributed by atoms with Crippen LogP contribution in [0.4, 0.5) is 4.79 Å². The van der Waals surface area contributed by atoms with Gasteiger partial charge in [0.25, 0.3) is 5.91 Å². The number of hydrogen-bond donors (Lipinski definition) is 2. The molecule has 1 fully saturated rings. The average Bonchev–Trinajstić information content (AvgIpc) is 2.83. The largest absolute Gasteiger partial charge is 0.444 e. The molecule has 0 radical (unpaired) electrons. The van der Waals surface area contributed by atoms with Crippen LogP contribution in [0.3, 0.4) is 0 Å². The second kappa shape index (κ2) is 6.99. The summed E-state index contributed by atoms with van der Waals surface area (Å²) in [6, 6.07) is -0.0483. The highest BCUT2D eigenvalue weighted by Gasteiger charge is 2.25. The summed E-state index contributed by atoms with van der Waals surface area (Å²) in [5.74, 6) is -0.198. The summed E-state index contributed by atoms with van der Waals surface area (Å²) in [4.78, 5) is 24.0. The number of hydrazine groups is 1. The summed E-state index contributed by atoms with van der Waals surface area (Å²) in [6.45, 7) is 6.78. The van der Waals surface area contributed by atoms with E-state index in [1.807, 2.05) is 25.8 Å². The lowest BCUT2D eigenvalue weighted by Crippen LogP contribution is -2.54. The maximum Gasteiger partial charge on any atom is 0.407 e. The van der Waals surface area contributed by atoms with Gasteiger partial charge in [0.2, 0.25) is 0 Å². The van der Waals surface area contributed by atoms with Crippen molar-refractivity contribution >= 4 is 12.0 Å². The molecular weight excluding hydrogens is 298 g/mol. The van der Waals surface area contributed by atoms with Crippen LogP contribution in [0, 0.1) is 0 Å². The second-order valence-electron chi connectivity index (χ2n) is 6.78. The van der Waals surface area contributed by atoms with Crippen molar-refractivity contribution < 1.29 is 14.3 Å². The Kier molecular flexibility index (Phi) is 5.25. The van der Waals surface area contributed by atoms with Gasteiger partial charge in [-0.15, -0.1) is 0 Å². The maximum absolute atomic E-state index is 12.1. The van der Waals surface area contributed by atoms with Gasteiger partial charge in [-0.25, -0.2) is 9.80 Å². The van der Waals surface area contributed by atoms with Gasteiger partial charge in [-0.05, 0) is 33.6 Å². The Labute approximate surface area is 136 Å². The standard InChI is InChI=1S/C15H25N5O3/c1-15(2,3)23-14(22)17-12-6-5-7-20(10-12)18-13(21)11-8-16-19(4)9-11/h8-9,12H,5-7,10H2,1-4H3,(H,17,22)(H,18,21). The Balaban J connectivity index is 1.83. The molecule has 0 aliphatic carbocycles. The zero-order valence-electron chi connectivity index (χ0n) is 14.1. The van der Waals surface area contributed by atoms with Gasteiger partial charge in [0.1, 0.15) is 5.60 Å². The molecular formula is C15H25N5O3. The molecule has 2 amide bonds. The summed E-state index contributed by atoms with van der Waals surface area (Å²) in [5, 5.41) is 8.66. The van der Waals surface area contributed by atoms with E-state index < -0.39 is 11.7 Å². The highest BCUT2D eigenvalue weighted by molar-refractivity contribution is 5.93. The number of piperidine rings is 1. The van der Waals surface area contributed by atoms with E-state index in [1.54, 1.807) is 17.9 Å². The molecule has 0 saturated carbocycles. The number of ether oxygens (including phenoxy) is 1. The van der Waals surface area contributed by atoms with Gasteiger partial charge in [0.05, 0.1) is 11.8 Å². The molecule has 0 aromatic carbocycles. The van der Waals surface area contributed by atoms with Crippen molar-refractivity contribution in [1.82, 2.24) is 25.5 Å². The summed E-state index contributed by atoms with van der Waals surface area (Å²) in [7, 11) is 1.76. The molecule has 1 saturated heterocycles. The van der Waals surface area contributed by atoms with Crippen molar-refractivity contribution in [2.45, 2.75) is 45.3 Å². The van der Waals surface area contributed by atoms with Crippen LogP contribution in [-0.2, 0) is 11.8 Å². The normalized spacial score (nSPS) is 19.2. The maximum atomic E-state index is 12.1. The Morgan fingerprint density at radius 2 is 2.13 bits per heavy atom. The molecule has 2 rings (SSSR count). The fraction of sp³-hybridized carbons (Fsp3) is 0.667. The van der Waals surface area contributed by atoms with Gasteiger partial charge in [-0.2, -0.15) is 5.10 Å². The first-order valence-corrected chi connectivity index (χ1v) is 7.77. The predicted octanol–water partition coefficient (Wildman–Crippen LogP) is 1.05. The predicted molar refractivity (Wildman–Crippen MR) is 84.6 cm³/mol. The first-order valence-electron chi connectivity index (χ1n) is 7.77. The summed E-state index contributed by atoms with van der Waals surface area (Å²) in [6.07, 6.45) is 4.50. The molecule has 1 aromatic heterocycles. The second-order valence-corrected chi connectivity index (χ2v) is 6.78. The van der Waals surface area contributed by atoms with Crippen LogP contribution in [0.15, 0.2) is 12.4 Å². The number of aryl methyl sites for hydroxylation is 1. The molecule has 1 aliphatic heterocycles. The number of hydrogen-bond acceptors (Lipinski definition) is 5. The lowest BCUT2D eigenvalue weighted by molar-refractivity contribution is 0.0444. The van der Waals surface area contributed by atoms with E-state index >= 15 is 0 Å². The molecule has 8 heteroatoms. The SMILES string of the molecule is Cn1cc(C(=O)NN2CCCC(NC(=O)OC(C)(C)C)C2)cn1. The molecule has 0 spiro atoms. The lowest BCUT2D eigenvalue weighted by Gasteiger charge is -2.33. The van der Waals surface area contributed by atoms with Crippen LogP contribution >= 0.6 is 0 Å². The molecule has 2 heterocycles. The Morgan fingerprint density at radius 3 is 2.74 bits per heavy atom. The fourth-order valence-corrected chi connectivity index (χ4v) is 2.42. The summed E-state index contributed by atoms with van der Waals surface area (Å²) < 4.78 is 6.84. The highest BCUT2D eigenvalue weighted by Crippen LogP contribution is 2.11. The molecule has 1 aromatic rings. The van der Waals surface area contributed by atoms with E-state index in [-0.39, 0.29) is 11.9 Å².